The summed E-state index contributed by atoms with van der Waals surface area (Å²) in [7, 11) is 0. The van der Waals surface area contributed by atoms with Crippen LogP contribution in [0.4, 0.5) is 0 Å². The van der Waals surface area contributed by atoms with Crippen LogP contribution < -0.4 is 15.8 Å². The molecule has 1 aromatic heterocycles. The first-order valence-electron chi connectivity index (χ1n) is 9.18. The largest absolute Gasteiger partial charge is 0.550 e. The molecule has 2 N–H and O–H groups in total. The molecular formula is C19H28N3O3S-. The van der Waals surface area contributed by atoms with Gasteiger partial charge in [0.1, 0.15) is 11.5 Å². The van der Waals surface area contributed by atoms with E-state index in [1.54, 1.807) is 0 Å². The van der Waals surface area contributed by atoms with Gasteiger partial charge >= 0.3 is 0 Å². The maximum atomic E-state index is 10.6. The Morgan fingerprint density at radius 3 is 2.85 bits per heavy atom. The van der Waals surface area contributed by atoms with Crippen LogP contribution in [0.25, 0.3) is 0 Å². The summed E-state index contributed by atoms with van der Waals surface area (Å²) in [5.41, 5.74) is 4.49. The van der Waals surface area contributed by atoms with E-state index in [1.165, 1.54) is 12.8 Å². The maximum Gasteiger partial charge on any atom is 0.187 e. The van der Waals surface area contributed by atoms with Crippen LogP contribution in [0.15, 0.2) is 15.6 Å². The second-order valence-electron chi connectivity index (χ2n) is 7.21. The smallest absolute Gasteiger partial charge is 0.187 e. The molecule has 0 spiro atoms. The molecule has 0 bridgehead atoms. The van der Waals surface area contributed by atoms with Crippen LogP contribution in [0.3, 0.4) is 0 Å². The van der Waals surface area contributed by atoms with E-state index in [2.05, 4.69) is 29.7 Å². The van der Waals surface area contributed by atoms with E-state index in [1.807, 2.05) is 19.9 Å². The van der Waals surface area contributed by atoms with Gasteiger partial charge in [-0.3, -0.25) is 5.43 Å². The van der Waals surface area contributed by atoms with Gasteiger partial charge in [-0.25, -0.2) is 0 Å². The number of nitrogens with one attached hydrogen (secondary N) is 2. The highest BCUT2D eigenvalue weighted by Crippen LogP contribution is 2.29. The van der Waals surface area contributed by atoms with E-state index < -0.39 is 5.97 Å². The van der Waals surface area contributed by atoms with Crippen LogP contribution in [-0.4, -0.2) is 22.8 Å². The lowest BCUT2D eigenvalue weighted by Gasteiger charge is -2.35. The Bertz CT molecular complexity index is 684. The summed E-state index contributed by atoms with van der Waals surface area (Å²) in [6, 6.07) is 2.20. The van der Waals surface area contributed by atoms with Crippen molar-refractivity contribution in [3.63, 3.8) is 0 Å². The molecule has 0 aliphatic heterocycles. The van der Waals surface area contributed by atoms with Crippen LogP contribution in [0.1, 0.15) is 63.5 Å². The second-order valence-corrected chi connectivity index (χ2v) is 7.62. The van der Waals surface area contributed by atoms with Gasteiger partial charge in [-0.2, -0.15) is 5.10 Å². The number of hydrogen-bond acceptors (Lipinski definition) is 5. The summed E-state index contributed by atoms with van der Waals surface area (Å²) in [4.78, 5) is 10.6. The number of nitrogens with zero attached hydrogens (tertiary/aromatic N) is 1. The third-order valence-corrected chi connectivity index (χ3v) is 5.49. The molecule has 0 saturated heterocycles. The van der Waals surface area contributed by atoms with Gasteiger partial charge in [0.25, 0.3) is 0 Å². The molecule has 3 atom stereocenters. The second kappa shape index (κ2) is 9.16. The number of carboxylic acids is 1. The van der Waals surface area contributed by atoms with Gasteiger partial charge in [-0.1, -0.05) is 26.7 Å². The molecule has 1 aliphatic rings. The number of hydrogen-bond donors (Lipinski definition) is 2. The molecule has 26 heavy (non-hydrogen) atoms. The molecule has 2 rings (SSSR count). The van der Waals surface area contributed by atoms with Crippen LogP contribution in [-0.2, 0) is 11.2 Å². The van der Waals surface area contributed by atoms with Crippen molar-refractivity contribution in [2.75, 3.05) is 0 Å². The number of hydrazone groups is 1. The molecule has 1 aromatic rings. The van der Waals surface area contributed by atoms with Crippen LogP contribution in [0.2, 0.25) is 0 Å². The fourth-order valence-electron chi connectivity index (χ4n) is 3.43. The number of carbonyl (C=O) groups excluding carboxylic acids is 1. The Balaban J connectivity index is 1.92. The number of aliphatic carboxylic acids is 1. The Morgan fingerprint density at radius 1 is 1.42 bits per heavy atom. The Hall–Kier alpha value is -1.89. The zero-order valence-corrected chi connectivity index (χ0v) is 16.7. The van der Waals surface area contributed by atoms with Gasteiger partial charge in [-0.05, 0) is 56.8 Å². The van der Waals surface area contributed by atoms with Crippen molar-refractivity contribution in [3.05, 3.63) is 23.2 Å². The molecule has 144 valence electrons. The predicted octanol–water partition coefficient (Wildman–Crippen LogP) is 2.28. The number of carboxylic acid groups (broad SMARTS) is 1. The van der Waals surface area contributed by atoms with Gasteiger partial charge in [0.15, 0.2) is 5.11 Å². The highest BCUT2D eigenvalue weighted by Gasteiger charge is 2.27. The highest BCUT2D eigenvalue weighted by atomic mass is 32.1. The minimum Gasteiger partial charge on any atom is -0.550 e. The highest BCUT2D eigenvalue weighted by molar-refractivity contribution is 7.80. The topological polar surface area (TPSA) is 89.7 Å². The fraction of sp³-hybridized carbons (Fsp3) is 0.632. The third kappa shape index (κ3) is 5.56. The SMILES string of the molecule is C/C(=N/NC(=S)N[C@H]1CCC[C@H](C)[C@@H]1C)c1cc(CCC(=O)[O-])oc1C. The Kier molecular flexibility index (Phi) is 7.20. The van der Waals surface area contributed by atoms with E-state index >= 15 is 0 Å². The quantitative estimate of drug-likeness (QED) is 0.448. The summed E-state index contributed by atoms with van der Waals surface area (Å²) in [6.07, 6.45) is 3.86. The van der Waals surface area contributed by atoms with Crippen LogP contribution in [0.5, 0.6) is 0 Å². The number of rotatable bonds is 6. The van der Waals surface area contributed by atoms with E-state index in [4.69, 9.17) is 16.6 Å². The van der Waals surface area contributed by atoms with Gasteiger partial charge in [0.05, 0.1) is 5.71 Å². The molecule has 7 heteroatoms. The molecule has 0 amide bonds. The molecule has 0 aromatic carbocycles. The molecule has 0 unspecified atom stereocenters. The number of thiocarbonyl (C=S) groups is 1. The first-order chi connectivity index (χ1) is 12.3. The van der Waals surface area contributed by atoms with Crippen molar-refractivity contribution in [1.82, 2.24) is 10.7 Å². The first-order valence-corrected chi connectivity index (χ1v) is 9.59. The number of aryl methyl sites for hydroxylation is 2. The average molecular weight is 379 g/mol. The maximum absolute atomic E-state index is 10.6. The van der Waals surface area contributed by atoms with Crippen LogP contribution >= 0.6 is 12.2 Å². The molecule has 1 fully saturated rings. The molecule has 1 heterocycles. The summed E-state index contributed by atoms with van der Waals surface area (Å²) in [5, 5.41) is 18.8. The Morgan fingerprint density at radius 2 is 2.15 bits per heavy atom. The fourth-order valence-corrected chi connectivity index (χ4v) is 3.63. The lowest BCUT2D eigenvalue weighted by molar-refractivity contribution is -0.305. The zero-order chi connectivity index (χ0) is 19.3. The summed E-state index contributed by atoms with van der Waals surface area (Å²) in [6.45, 7) is 8.25. The van der Waals surface area contributed by atoms with Crippen molar-refractivity contribution in [3.8, 4) is 0 Å². The van der Waals surface area contributed by atoms with Crippen molar-refractivity contribution >= 4 is 29.0 Å². The van der Waals surface area contributed by atoms with Crippen molar-refractivity contribution in [2.45, 2.75) is 65.8 Å². The molecule has 1 saturated carbocycles. The summed E-state index contributed by atoms with van der Waals surface area (Å²) in [5.74, 6) is 1.51. The van der Waals surface area contributed by atoms with E-state index in [9.17, 15) is 9.90 Å². The number of carbonyl (C=O) groups is 1. The van der Waals surface area contributed by atoms with Crippen molar-refractivity contribution in [1.29, 1.82) is 0 Å². The van der Waals surface area contributed by atoms with E-state index in [-0.39, 0.29) is 6.42 Å². The standard InChI is InChI=1S/C19H29N3O3S/c1-11-6-5-7-17(12(11)2)20-19(26)22-21-13(3)16-10-15(25-14(16)4)8-9-18(23)24/h10-12,17H,5-9H2,1-4H3,(H,23,24)(H2,20,22,26)/p-1/b21-13-/t11-,12-,17-/m0/s1. The predicted molar refractivity (Wildman–Crippen MR) is 104 cm³/mol. The zero-order valence-electron chi connectivity index (χ0n) is 15.9. The molecule has 1 aliphatic carbocycles. The van der Waals surface area contributed by atoms with Crippen LogP contribution in [0, 0.1) is 18.8 Å². The summed E-state index contributed by atoms with van der Waals surface area (Å²) < 4.78 is 5.59. The molecule has 6 nitrogen and oxygen atoms in total. The van der Waals surface area contributed by atoms with Crippen molar-refractivity contribution < 1.29 is 14.3 Å². The lowest BCUT2D eigenvalue weighted by Crippen LogP contribution is -2.46. The lowest BCUT2D eigenvalue weighted by atomic mass is 9.78. The summed E-state index contributed by atoms with van der Waals surface area (Å²) >= 11 is 5.38. The molecule has 0 radical (unpaired) electrons. The third-order valence-electron chi connectivity index (χ3n) is 5.28. The normalized spacial score (nSPS) is 23.5. The van der Waals surface area contributed by atoms with Gasteiger partial charge in [0, 0.05) is 24.0 Å². The molecular weight excluding hydrogens is 350 g/mol. The van der Waals surface area contributed by atoms with Gasteiger partial charge in [-0.15, -0.1) is 0 Å². The van der Waals surface area contributed by atoms with E-state index in [0.29, 0.717) is 40.9 Å². The number of furan rings is 1. The van der Waals surface area contributed by atoms with E-state index in [0.717, 1.165) is 17.7 Å². The minimum atomic E-state index is -1.09. The Labute approximate surface area is 160 Å². The van der Waals surface area contributed by atoms with Gasteiger partial charge in [0.2, 0.25) is 0 Å². The van der Waals surface area contributed by atoms with Crippen molar-refractivity contribution in [2.24, 2.45) is 16.9 Å². The van der Waals surface area contributed by atoms with Gasteiger partial charge < -0.3 is 19.6 Å². The monoisotopic (exact) mass is 378 g/mol. The minimum absolute atomic E-state index is 0.0627. The average Bonchev–Trinajstić information content (AvgIpc) is 2.96. The first kappa shape index (κ1) is 20.4.